The maximum Gasteiger partial charge on any atom is 0.244 e. The van der Waals surface area contributed by atoms with Crippen molar-refractivity contribution >= 4 is 11.6 Å². The van der Waals surface area contributed by atoms with Gasteiger partial charge in [-0.15, -0.1) is 5.10 Å². The summed E-state index contributed by atoms with van der Waals surface area (Å²) in [6.07, 6.45) is 0. The van der Waals surface area contributed by atoms with E-state index in [9.17, 15) is 5.26 Å². The normalized spacial score (nSPS) is 16.8. The van der Waals surface area contributed by atoms with Gasteiger partial charge >= 0.3 is 0 Å². The van der Waals surface area contributed by atoms with E-state index in [4.69, 9.17) is 31.5 Å². The highest BCUT2D eigenvalue weighted by Gasteiger charge is 2.37. The Hall–Kier alpha value is -3.63. The molecule has 8 heteroatoms. The third kappa shape index (κ3) is 2.69. The molecule has 2 aliphatic rings. The standard InChI is InChI=1S/C22H17ClN4O3/c1-10-3-4-12(11(2)5-10)20-19-18(14(8-24)21(25)30-22(19)27-26-20)13-6-16-17(7-15(13)23)29-9-28-16/h3-7,18H,9,25H2,1-2H3,(H,26,27)/t18-/m1/s1. The molecule has 1 aromatic heterocycles. The van der Waals surface area contributed by atoms with Crippen molar-refractivity contribution in [1.82, 2.24) is 10.2 Å². The molecule has 2 aromatic carbocycles. The zero-order valence-electron chi connectivity index (χ0n) is 16.2. The monoisotopic (exact) mass is 420 g/mol. The molecular formula is C22H17ClN4O3. The fraction of sp³-hybridized carbons (Fsp3) is 0.182. The van der Waals surface area contributed by atoms with E-state index in [1.165, 1.54) is 0 Å². The Kier molecular flexibility index (Phi) is 4.12. The number of nitriles is 1. The largest absolute Gasteiger partial charge is 0.454 e. The maximum atomic E-state index is 9.90. The van der Waals surface area contributed by atoms with Crippen LogP contribution in [0.3, 0.4) is 0 Å². The molecular weight excluding hydrogens is 404 g/mol. The van der Waals surface area contributed by atoms with Crippen LogP contribution in [0.15, 0.2) is 41.8 Å². The molecule has 30 heavy (non-hydrogen) atoms. The Balaban J connectivity index is 1.76. The fourth-order valence-corrected chi connectivity index (χ4v) is 4.27. The minimum absolute atomic E-state index is 0.00223. The van der Waals surface area contributed by atoms with Crippen LogP contribution in [0.5, 0.6) is 17.4 Å². The quantitative estimate of drug-likeness (QED) is 0.640. The lowest BCUT2D eigenvalue weighted by molar-refractivity contribution is 0.174. The van der Waals surface area contributed by atoms with Crippen molar-refractivity contribution in [3.05, 3.63) is 69.1 Å². The molecule has 0 unspecified atom stereocenters. The van der Waals surface area contributed by atoms with Gasteiger partial charge in [-0.1, -0.05) is 35.4 Å². The molecule has 2 aliphatic heterocycles. The van der Waals surface area contributed by atoms with Crippen molar-refractivity contribution < 1.29 is 14.2 Å². The summed E-state index contributed by atoms with van der Waals surface area (Å²) in [5.74, 6) is 0.876. The number of nitrogens with zero attached hydrogens (tertiary/aromatic N) is 2. The summed E-state index contributed by atoms with van der Waals surface area (Å²) in [6.45, 7) is 4.18. The SMILES string of the molecule is Cc1ccc(-c2[nH]nc3c2[C@H](c2cc4c(cc2Cl)OCO4)C(C#N)=C(N)O3)c(C)c1. The van der Waals surface area contributed by atoms with Crippen LogP contribution in [0, 0.1) is 25.2 Å². The molecule has 7 nitrogen and oxygen atoms in total. The third-order valence-electron chi connectivity index (χ3n) is 5.39. The minimum atomic E-state index is -0.574. The van der Waals surface area contributed by atoms with E-state index < -0.39 is 5.92 Å². The maximum absolute atomic E-state index is 9.90. The second-order valence-corrected chi connectivity index (χ2v) is 7.69. The van der Waals surface area contributed by atoms with Gasteiger partial charge in [0.05, 0.1) is 17.2 Å². The molecule has 3 heterocycles. The van der Waals surface area contributed by atoms with Gasteiger partial charge in [0.2, 0.25) is 18.6 Å². The Morgan fingerprint density at radius 2 is 1.97 bits per heavy atom. The summed E-state index contributed by atoms with van der Waals surface area (Å²) in [7, 11) is 0. The number of hydrogen-bond donors (Lipinski definition) is 2. The van der Waals surface area contributed by atoms with Gasteiger partial charge in [0.1, 0.15) is 11.6 Å². The van der Waals surface area contributed by atoms with Gasteiger partial charge in [0.25, 0.3) is 0 Å². The highest BCUT2D eigenvalue weighted by molar-refractivity contribution is 6.31. The van der Waals surface area contributed by atoms with Crippen LogP contribution in [0.25, 0.3) is 11.3 Å². The minimum Gasteiger partial charge on any atom is -0.454 e. The number of nitrogens with one attached hydrogen (secondary N) is 1. The average molecular weight is 421 g/mol. The Morgan fingerprint density at radius 1 is 1.20 bits per heavy atom. The van der Waals surface area contributed by atoms with Gasteiger partial charge in [0, 0.05) is 16.7 Å². The third-order valence-corrected chi connectivity index (χ3v) is 5.72. The number of aryl methyl sites for hydroxylation is 2. The second-order valence-electron chi connectivity index (χ2n) is 7.29. The number of rotatable bonds is 2. The summed E-state index contributed by atoms with van der Waals surface area (Å²) < 4.78 is 16.6. The number of nitrogens with two attached hydrogens (primary N) is 1. The molecule has 0 amide bonds. The number of fused-ring (bicyclic) bond motifs is 2. The highest BCUT2D eigenvalue weighted by atomic mass is 35.5. The van der Waals surface area contributed by atoms with Crippen LogP contribution >= 0.6 is 11.6 Å². The molecule has 3 N–H and O–H groups in total. The lowest BCUT2D eigenvalue weighted by Gasteiger charge is -2.25. The van der Waals surface area contributed by atoms with Crippen molar-refractivity contribution in [2.75, 3.05) is 6.79 Å². The molecule has 0 fully saturated rings. The van der Waals surface area contributed by atoms with Gasteiger partial charge in [-0.25, -0.2) is 0 Å². The van der Waals surface area contributed by atoms with Crippen molar-refractivity contribution in [2.24, 2.45) is 5.73 Å². The highest BCUT2D eigenvalue weighted by Crippen LogP contribution is 2.50. The van der Waals surface area contributed by atoms with Gasteiger partial charge in [-0.05, 0) is 31.0 Å². The topological polar surface area (TPSA) is 106 Å². The van der Waals surface area contributed by atoms with E-state index >= 15 is 0 Å². The summed E-state index contributed by atoms with van der Waals surface area (Å²) in [4.78, 5) is 0. The molecule has 0 saturated carbocycles. The van der Waals surface area contributed by atoms with E-state index in [1.54, 1.807) is 12.1 Å². The smallest absolute Gasteiger partial charge is 0.244 e. The van der Waals surface area contributed by atoms with Crippen LogP contribution in [-0.2, 0) is 0 Å². The molecule has 0 spiro atoms. The first-order valence-electron chi connectivity index (χ1n) is 9.30. The van der Waals surface area contributed by atoms with Crippen LogP contribution < -0.4 is 19.9 Å². The zero-order valence-corrected chi connectivity index (χ0v) is 17.0. The first-order chi connectivity index (χ1) is 14.5. The van der Waals surface area contributed by atoms with E-state index in [2.05, 4.69) is 22.3 Å². The predicted octanol–water partition coefficient (Wildman–Crippen LogP) is 4.29. The Morgan fingerprint density at radius 3 is 2.70 bits per heavy atom. The molecule has 0 bridgehead atoms. The summed E-state index contributed by atoms with van der Waals surface area (Å²) in [5, 5.41) is 17.7. The average Bonchev–Trinajstić information content (AvgIpc) is 3.33. The van der Waals surface area contributed by atoms with Gasteiger partial charge in [0.15, 0.2) is 11.5 Å². The Labute approximate surface area is 177 Å². The van der Waals surface area contributed by atoms with Crippen LogP contribution in [0.4, 0.5) is 0 Å². The lowest BCUT2D eigenvalue weighted by atomic mass is 9.82. The lowest BCUT2D eigenvalue weighted by Crippen LogP contribution is -2.21. The molecule has 5 rings (SSSR count). The number of ether oxygens (including phenoxy) is 3. The number of benzene rings is 2. The molecule has 150 valence electrons. The van der Waals surface area contributed by atoms with Crippen LogP contribution in [0.2, 0.25) is 5.02 Å². The summed E-state index contributed by atoms with van der Waals surface area (Å²) >= 11 is 6.62. The van der Waals surface area contributed by atoms with E-state index in [0.29, 0.717) is 33.5 Å². The number of H-pyrrole nitrogens is 1. The molecule has 3 aromatic rings. The van der Waals surface area contributed by atoms with Gasteiger partial charge in [-0.2, -0.15) is 5.26 Å². The predicted molar refractivity (Wildman–Crippen MR) is 110 cm³/mol. The molecule has 1 atom stereocenters. The number of aromatic amines is 1. The number of hydrogen-bond acceptors (Lipinski definition) is 6. The van der Waals surface area contributed by atoms with Crippen molar-refractivity contribution in [1.29, 1.82) is 5.26 Å². The number of halogens is 1. The molecule has 0 saturated heterocycles. The van der Waals surface area contributed by atoms with Gasteiger partial charge in [-0.3, -0.25) is 5.10 Å². The summed E-state index contributed by atoms with van der Waals surface area (Å²) in [6, 6.07) is 11.8. The van der Waals surface area contributed by atoms with Crippen LogP contribution in [0.1, 0.15) is 28.2 Å². The van der Waals surface area contributed by atoms with E-state index in [0.717, 1.165) is 22.4 Å². The Bertz CT molecular complexity index is 1270. The number of allylic oxidation sites excluding steroid dienone is 1. The zero-order chi connectivity index (χ0) is 21.0. The summed E-state index contributed by atoms with van der Waals surface area (Å²) in [5.41, 5.74) is 11.6. The fourth-order valence-electron chi connectivity index (χ4n) is 4.01. The first-order valence-corrected chi connectivity index (χ1v) is 9.68. The van der Waals surface area contributed by atoms with Gasteiger partial charge < -0.3 is 19.9 Å². The molecule has 0 aliphatic carbocycles. The van der Waals surface area contributed by atoms with Crippen LogP contribution in [-0.4, -0.2) is 17.0 Å². The van der Waals surface area contributed by atoms with Crippen molar-refractivity contribution in [3.8, 4) is 34.7 Å². The molecule has 0 radical (unpaired) electrons. The van der Waals surface area contributed by atoms with E-state index in [1.807, 2.05) is 26.0 Å². The van der Waals surface area contributed by atoms with Crippen molar-refractivity contribution in [3.63, 3.8) is 0 Å². The second kappa shape index (κ2) is 6.71. The van der Waals surface area contributed by atoms with Crippen molar-refractivity contribution in [2.45, 2.75) is 19.8 Å². The number of aromatic nitrogens is 2. The van der Waals surface area contributed by atoms with E-state index in [-0.39, 0.29) is 18.2 Å². The first kappa shape index (κ1) is 18.4.